The average molecular weight is 317 g/mol. The molecule has 1 fully saturated rings. The van der Waals surface area contributed by atoms with Crippen molar-refractivity contribution in [2.75, 3.05) is 6.73 Å². The number of nitrogens with zero attached hydrogens (tertiary/aromatic N) is 1. The fraction of sp³-hybridized carbons (Fsp3) is 0.857. The fourth-order valence-electron chi connectivity index (χ4n) is 2.16. The Balaban J connectivity index is 2.83. The minimum absolute atomic E-state index is 0.0294. The van der Waals surface area contributed by atoms with Crippen molar-refractivity contribution in [1.29, 1.82) is 0 Å². The lowest BCUT2D eigenvalue weighted by Crippen LogP contribution is -2.67. The Morgan fingerprint density at radius 2 is 1.95 bits per heavy atom. The van der Waals surface area contributed by atoms with Crippen molar-refractivity contribution in [1.82, 2.24) is 4.90 Å². The molecular formula is C14H27NO5Si. The zero-order valence-corrected chi connectivity index (χ0v) is 15.0. The Hall–Kier alpha value is -0.923. The Kier molecular flexibility index (Phi) is 5.23. The molecule has 1 aliphatic rings. The normalized spacial score (nSPS) is 24.6. The van der Waals surface area contributed by atoms with Gasteiger partial charge in [0.15, 0.2) is 14.5 Å². The molecule has 1 saturated heterocycles. The van der Waals surface area contributed by atoms with E-state index in [9.17, 15) is 14.7 Å². The van der Waals surface area contributed by atoms with Gasteiger partial charge in [0.05, 0.1) is 6.10 Å². The molecule has 6 nitrogen and oxygen atoms in total. The number of hydrogen-bond donors (Lipinski definition) is 1. The van der Waals surface area contributed by atoms with Crippen LogP contribution in [-0.4, -0.2) is 49.3 Å². The predicted molar refractivity (Wildman–Crippen MR) is 80.7 cm³/mol. The van der Waals surface area contributed by atoms with Crippen LogP contribution >= 0.6 is 0 Å². The monoisotopic (exact) mass is 317 g/mol. The van der Waals surface area contributed by atoms with E-state index >= 15 is 0 Å². The summed E-state index contributed by atoms with van der Waals surface area (Å²) in [7, 11) is -2.02. The lowest BCUT2D eigenvalue weighted by molar-refractivity contribution is -0.214. The lowest BCUT2D eigenvalue weighted by Gasteiger charge is -2.49. The predicted octanol–water partition coefficient (Wildman–Crippen LogP) is 1.69. The molecule has 21 heavy (non-hydrogen) atoms. The third kappa shape index (κ3) is 3.64. The first-order chi connectivity index (χ1) is 9.42. The second-order valence-corrected chi connectivity index (χ2v) is 11.8. The number of amides is 1. The van der Waals surface area contributed by atoms with E-state index in [0.717, 1.165) is 4.90 Å². The summed E-state index contributed by atoms with van der Waals surface area (Å²) in [4.78, 5) is 24.4. The van der Waals surface area contributed by atoms with Crippen LogP contribution in [0.1, 0.15) is 34.6 Å². The molecule has 1 rings (SSSR count). The summed E-state index contributed by atoms with van der Waals surface area (Å²) < 4.78 is 11.3. The number of rotatable bonds is 5. The van der Waals surface area contributed by atoms with Crippen LogP contribution in [0.2, 0.25) is 18.1 Å². The van der Waals surface area contributed by atoms with Crippen LogP contribution in [0.15, 0.2) is 0 Å². The highest BCUT2D eigenvalue weighted by molar-refractivity contribution is 6.74. The average Bonchev–Trinajstić information content (AvgIpc) is 2.25. The molecule has 0 saturated carbocycles. The van der Waals surface area contributed by atoms with Gasteiger partial charge in [-0.3, -0.25) is 14.5 Å². The molecule has 1 amide bonds. The summed E-state index contributed by atoms with van der Waals surface area (Å²) in [6, 6.07) is 0. The van der Waals surface area contributed by atoms with Gasteiger partial charge in [0, 0.05) is 6.92 Å². The number of aliphatic hydroxyl groups excluding tert-OH is 1. The van der Waals surface area contributed by atoms with Gasteiger partial charge in [0.2, 0.25) is 5.91 Å². The summed E-state index contributed by atoms with van der Waals surface area (Å²) in [5.41, 5.74) is 0. The first kappa shape index (κ1) is 18.1. The van der Waals surface area contributed by atoms with Crippen molar-refractivity contribution in [3.8, 4) is 0 Å². The third-order valence-corrected chi connectivity index (χ3v) is 8.99. The van der Waals surface area contributed by atoms with Crippen LogP contribution in [0.25, 0.3) is 0 Å². The van der Waals surface area contributed by atoms with Crippen molar-refractivity contribution in [2.45, 2.75) is 65.1 Å². The van der Waals surface area contributed by atoms with E-state index in [-0.39, 0.29) is 17.0 Å². The van der Waals surface area contributed by atoms with Gasteiger partial charge in [-0.25, -0.2) is 0 Å². The summed E-state index contributed by atoms with van der Waals surface area (Å²) in [6.45, 7) is 13.2. The Morgan fingerprint density at radius 3 is 2.33 bits per heavy atom. The minimum atomic E-state index is -2.02. The molecular weight excluding hydrogens is 290 g/mol. The molecule has 0 radical (unpaired) electrons. The molecule has 0 aliphatic carbocycles. The first-order valence-corrected chi connectivity index (χ1v) is 10.1. The minimum Gasteiger partial charge on any atom is -0.441 e. The van der Waals surface area contributed by atoms with Crippen LogP contribution in [0.3, 0.4) is 0 Å². The highest BCUT2D eigenvalue weighted by Crippen LogP contribution is 2.40. The number of ether oxygens (including phenoxy) is 1. The van der Waals surface area contributed by atoms with Gasteiger partial charge in [-0.05, 0) is 25.1 Å². The summed E-state index contributed by atoms with van der Waals surface area (Å²) >= 11 is 0. The van der Waals surface area contributed by atoms with Crippen LogP contribution < -0.4 is 0 Å². The van der Waals surface area contributed by atoms with Crippen LogP contribution in [0.4, 0.5) is 0 Å². The Bertz CT molecular complexity index is 418. The van der Waals surface area contributed by atoms with E-state index in [1.54, 1.807) is 0 Å². The molecule has 3 atom stereocenters. The van der Waals surface area contributed by atoms with E-state index in [2.05, 4.69) is 33.9 Å². The molecule has 0 aromatic heterocycles. The molecule has 1 heterocycles. The second kappa shape index (κ2) is 6.06. The molecule has 0 unspecified atom stereocenters. The standard InChI is InChI=1S/C14H27NO5Si/c1-9(20-21(6,7)14(3,4)5)11-12(18)15(8-16)13(11)19-10(2)17/h9,11,13,16H,8H2,1-7H3/t9-,11+,13-/m1/s1. The van der Waals surface area contributed by atoms with E-state index in [1.807, 2.05) is 6.92 Å². The number of β-lactam (4-membered cyclic amide) rings is 1. The summed E-state index contributed by atoms with van der Waals surface area (Å²) in [5.74, 6) is -1.26. The second-order valence-electron chi connectivity index (χ2n) is 7.06. The van der Waals surface area contributed by atoms with Gasteiger partial charge in [-0.1, -0.05) is 20.8 Å². The summed E-state index contributed by atoms with van der Waals surface area (Å²) in [5, 5.41) is 9.21. The number of carbonyl (C=O) groups excluding carboxylic acids is 2. The van der Waals surface area contributed by atoms with Crippen LogP contribution in [-0.2, 0) is 18.8 Å². The molecule has 0 aromatic carbocycles. The van der Waals surface area contributed by atoms with Gasteiger partial charge < -0.3 is 14.3 Å². The maximum atomic E-state index is 12.1. The Morgan fingerprint density at radius 1 is 1.43 bits per heavy atom. The van der Waals surface area contributed by atoms with E-state index in [1.165, 1.54) is 6.92 Å². The van der Waals surface area contributed by atoms with Crippen molar-refractivity contribution in [3.05, 3.63) is 0 Å². The molecule has 1 aliphatic heterocycles. The molecule has 0 aromatic rings. The highest BCUT2D eigenvalue weighted by Gasteiger charge is 2.54. The fourth-order valence-corrected chi connectivity index (χ4v) is 3.58. The lowest BCUT2D eigenvalue weighted by atomic mass is 9.91. The summed E-state index contributed by atoms with van der Waals surface area (Å²) in [6.07, 6.45) is -1.09. The molecule has 0 spiro atoms. The van der Waals surface area contributed by atoms with Crippen LogP contribution in [0, 0.1) is 5.92 Å². The topological polar surface area (TPSA) is 76.1 Å². The molecule has 7 heteroatoms. The maximum Gasteiger partial charge on any atom is 0.304 e. The molecule has 122 valence electrons. The number of likely N-dealkylation sites (tertiary alicyclic amines) is 1. The van der Waals surface area contributed by atoms with Crippen molar-refractivity contribution >= 4 is 20.2 Å². The first-order valence-electron chi connectivity index (χ1n) is 7.18. The van der Waals surface area contributed by atoms with E-state index in [4.69, 9.17) is 9.16 Å². The number of hydrogen-bond acceptors (Lipinski definition) is 5. The number of carbonyl (C=O) groups is 2. The van der Waals surface area contributed by atoms with Crippen LogP contribution in [0.5, 0.6) is 0 Å². The van der Waals surface area contributed by atoms with E-state index < -0.39 is 33.2 Å². The molecule has 1 N–H and O–H groups in total. The zero-order valence-electron chi connectivity index (χ0n) is 14.0. The smallest absolute Gasteiger partial charge is 0.304 e. The highest BCUT2D eigenvalue weighted by atomic mass is 28.4. The maximum absolute atomic E-state index is 12.1. The quantitative estimate of drug-likeness (QED) is 0.474. The number of esters is 1. The van der Waals surface area contributed by atoms with Gasteiger partial charge >= 0.3 is 5.97 Å². The third-order valence-electron chi connectivity index (χ3n) is 4.41. The SMILES string of the molecule is CC(=O)O[C@@H]1[C@@H]([C@@H](C)O[Si](C)(C)C(C)(C)C)C(=O)N1CO. The van der Waals surface area contributed by atoms with Gasteiger partial charge in [-0.15, -0.1) is 0 Å². The van der Waals surface area contributed by atoms with Crippen molar-refractivity contribution in [2.24, 2.45) is 5.92 Å². The zero-order chi connectivity index (χ0) is 16.6. The van der Waals surface area contributed by atoms with Gasteiger partial charge in [0.1, 0.15) is 12.6 Å². The van der Waals surface area contributed by atoms with Crippen molar-refractivity contribution in [3.63, 3.8) is 0 Å². The van der Waals surface area contributed by atoms with E-state index in [0.29, 0.717) is 0 Å². The van der Waals surface area contributed by atoms with Gasteiger partial charge in [-0.2, -0.15) is 0 Å². The van der Waals surface area contributed by atoms with Gasteiger partial charge in [0.25, 0.3) is 0 Å². The van der Waals surface area contributed by atoms with Crippen molar-refractivity contribution < 1.29 is 23.9 Å². The largest absolute Gasteiger partial charge is 0.441 e. The molecule has 0 bridgehead atoms. The Labute approximate surface area is 127 Å². The number of aliphatic hydroxyl groups is 1.